The smallest absolute Gasteiger partial charge is 0.136 e. The van der Waals surface area contributed by atoms with Gasteiger partial charge in [-0.15, -0.1) is 0 Å². The van der Waals surface area contributed by atoms with Gasteiger partial charge < -0.3 is 11.1 Å². The van der Waals surface area contributed by atoms with Crippen LogP contribution in [0.5, 0.6) is 0 Å². The molecule has 1 heterocycles. The molecule has 2 aromatic rings. The fourth-order valence-corrected chi connectivity index (χ4v) is 1.89. The molecule has 3 N–H and O–H groups in total. The van der Waals surface area contributed by atoms with Gasteiger partial charge in [-0.05, 0) is 30.5 Å². The Balaban J connectivity index is 1.70. The van der Waals surface area contributed by atoms with Crippen LogP contribution in [0.15, 0.2) is 30.3 Å². The van der Waals surface area contributed by atoms with Crippen molar-refractivity contribution >= 4 is 11.6 Å². The largest absolute Gasteiger partial charge is 0.384 e. The number of anilines is 2. The van der Waals surface area contributed by atoms with Crippen molar-refractivity contribution in [3.05, 3.63) is 47.5 Å². The number of hydrogen-bond acceptors (Lipinski definition) is 4. The zero-order valence-electron chi connectivity index (χ0n) is 10.4. The van der Waals surface area contributed by atoms with Crippen LogP contribution in [0.1, 0.15) is 30.1 Å². The Labute approximate surface area is 110 Å². The average Bonchev–Trinajstić information content (AvgIpc) is 3.22. The maximum absolute atomic E-state index is 12.8. The molecular formula is C14H15FN4. The highest BCUT2D eigenvalue weighted by atomic mass is 19.1. The van der Waals surface area contributed by atoms with Crippen LogP contribution in [0.3, 0.4) is 0 Å². The summed E-state index contributed by atoms with van der Waals surface area (Å²) in [4.78, 5) is 8.69. The molecule has 0 aliphatic heterocycles. The van der Waals surface area contributed by atoms with Gasteiger partial charge >= 0.3 is 0 Å². The molecule has 0 spiro atoms. The summed E-state index contributed by atoms with van der Waals surface area (Å²) in [5.41, 5.74) is 6.77. The third kappa shape index (κ3) is 2.99. The monoisotopic (exact) mass is 258 g/mol. The second-order valence-corrected chi connectivity index (χ2v) is 4.79. The predicted molar refractivity (Wildman–Crippen MR) is 72.1 cm³/mol. The summed E-state index contributed by atoms with van der Waals surface area (Å²) in [6.07, 6.45) is 2.28. The molecule has 1 aromatic carbocycles. The lowest BCUT2D eigenvalue weighted by Gasteiger charge is -2.08. The standard InChI is InChI=1S/C14H15FN4/c15-11-5-1-9(2-6-11)8-17-13-7-12(16)18-14(19-13)10-3-4-10/h1-2,5-7,10H,3-4,8H2,(H3,16,17,18,19). The van der Waals surface area contributed by atoms with Gasteiger partial charge in [0.15, 0.2) is 0 Å². The number of benzene rings is 1. The van der Waals surface area contributed by atoms with Crippen molar-refractivity contribution < 1.29 is 4.39 Å². The minimum absolute atomic E-state index is 0.231. The summed E-state index contributed by atoms with van der Waals surface area (Å²) in [7, 11) is 0. The van der Waals surface area contributed by atoms with Gasteiger partial charge in [0, 0.05) is 18.5 Å². The first-order valence-corrected chi connectivity index (χ1v) is 6.33. The van der Waals surface area contributed by atoms with E-state index in [0.29, 0.717) is 18.3 Å². The van der Waals surface area contributed by atoms with Crippen LogP contribution in [0.25, 0.3) is 0 Å². The first-order chi connectivity index (χ1) is 9.20. The van der Waals surface area contributed by atoms with E-state index in [-0.39, 0.29) is 5.82 Å². The van der Waals surface area contributed by atoms with E-state index in [9.17, 15) is 4.39 Å². The zero-order valence-corrected chi connectivity index (χ0v) is 10.4. The summed E-state index contributed by atoms with van der Waals surface area (Å²) in [5, 5.41) is 3.19. The first kappa shape index (κ1) is 11.9. The number of nitrogens with two attached hydrogens (primary N) is 1. The fraction of sp³-hybridized carbons (Fsp3) is 0.286. The van der Waals surface area contributed by atoms with Gasteiger partial charge in [-0.1, -0.05) is 12.1 Å². The van der Waals surface area contributed by atoms with Crippen LogP contribution < -0.4 is 11.1 Å². The molecule has 0 amide bonds. The van der Waals surface area contributed by atoms with Crippen LogP contribution in [0.4, 0.5) is 16.0 Å². The SMILES string of the molecule is Nc1cc(NCc2ccc(F)cc2)nc(C2CC2)n1. The van der Waals surface area contributed by atoms with Crippen molar-refractivity contribution in [3.63, 3.8) is 0 Å². The molecule has 5 heteroatoms. The molecule has 0 bridgehead atoms. The quantitative estimate of drug-likeness (QED) is 0.885. The number of halogens is 1. The Morgan fingerprint density at radius 3 is 2.63 bits per heavy atom. The predicted octanol–water partition coefficient (Wildman–Crippen LogP) is 2.69. The highest BCUT2D eigenvalue weighted by Gasteiger charge is 2.27. The summed E-state index contributed by atoms with van der Waals surface area (Å²) in [5.74, 6) is 2.26. The van der Waals surface area contributed by atoms with Gasteiger partial charge in [0.05, 0.1) is 0 Å². The van der Waals surface area contributed by atoms with Crippen LogP contribution in [-0.4, -0.2) is 9.97 Å². The van der Waals surface area contributed by atoms with Crippen molar-refractivity contribution in [1.29, 1.82) is 0 Å². The molecule has 3 rings (SSSR count). The molecule has 1 fully saturated rings. The number of hydrogen-bond donors (Lipinski definition) is 2. The van der Waals surface area contributed by atoms with Crippen molar-refractivity contribution in [2.45, 2.75) is 25.3 Å². The maximum atomic E-state index is 12.8. The number of rotatable bonds is 4. The first-order valence-electron chi connectivity index (χ1n) is 6.33. The Morgan fingerprint density at radius 2 is 1.95 bits per heavy atom. The molecule has 0 saturated heterocycles. The number of aromatic nitrogens is 2. The van der Waals surface area contributed by atoms with E-state index in [1.54, 1.807) is 18.2 Å². The average molecular weight is 258 g/mol. The maximum Gasteiger partial charge on any atom is 0.136 e. The molecule has 1 aliphatic carbocycles. The fourth-order valence-electron chi connectivity index (χ4n) is 1.89. The third-order valence-corrected chi connectivity index (χ3v) is 3.09. The number of nitrogens with one attached hydrogen (secondary N) is 1. The Bertz CT molecular complexity index is 578. The molecule has 1 aromatic heterocycles. The van der Waals surface area contributed by atoms with E-state index < -0.39 is 0 Å². The molecular weight excluding hydrogens is 243 g/mol. The van der Waals surface area contributed by atoms with Gasteiger partial charge in [-0.25, -0.2) is 14.4 Å². The summed E-state index contributed by atoms with van der Waals surface area (Å²) >= 11 is 0. The van der Waals surface area contributed by atoms with Gasteiger partial charge in [-0.2, -0.15) is 0 Å². The van der Waals surface area contributed by atoms with Gasteiger partial charge in [0.25, 0.3) is 0 Å². The molecule has 1 aliphatic rings. The van der Waals surface area contributed by atoms with E-state index in [1.165, 1.54) is 12.1 Å². The topological polar surface area (TPSA) is 63.8 Å². The van der Waals surface area contributed by atoms with Crippen molar-refractivity contribution in [2.24, 2.45) is 0 Å². The summed E-state index contributed by atoms with van der Waals surface area (Å²) < 4.78 is 12.8. The van der Waals surface area contributed by atoms with E-state index in [4.69, 9.17) is 5.73 Å². The second-order valence-electron chi connectivity index (χ2n) is 4.79. The molecule has 98 valence electrons. The van der Waals surface area contributed by atoms with Gasteiger partial charge in [0.1, 0.15) is 23.3 Å². The van der Waals surface area contributed by atoms with E-state index in [2.05, 4.69) is 15.3 Å². The third-order valence-electron chi connectivity index (χ3n) is 3.09. The summed E-state index contributed by atoms with van der Waals surface area (Å²) in [6.45, 7) is 0.584. The molecule has 19 heavy (non-hydrogen) atoms. The Morgan fingerprint density at radius 1 is 1.21 bits per heavy atom. The molecule has 4 nitrogen and oxygen atoms in total. The highest BCUT2D eigenvalue weighted by molar-refractivity contribution is 5.45. The molecule has 0 atom stereocenters. The normalized spacial score (nSPS) is 14.4. The van der Waals surface area contributed by atoms with Crippen molar-refractivity contribution in [1.82, 2.24) is 9.97 Å². The molecule has 0 unspecified atom stereocenters. The zero-order chi connectivity index (χ0) is 13.2. The van der Waals surface area contributed by atoms with E-state index in [0.717, 1.165) is 30.0 Å². The van der Waals surface area contributed by atoms with Crippen LogP contribution in [0.2, 0.25) is 0 Å². The van der Waals surface area contributed by atoms with Crippen LogP contribution in [-0.2, 0) is 6.54 Å². The van der Waals surface area contributed by atoms with E-state index >= 15 is 0 Å². The van der Waals surface area contributed by atoms with Gasteiger partial charge in [0.2, 0.25) is 0 Å². The minimum Gasteiger partial charge on any atom is -0.384 e. The lowest BCUT2D eigenvalue weighted by Crippen LogP contribution is -2.06. The lowest BCUT2D eigenvalue weighted by atomic mass is 10.2. The highest BCUT2D eigenvalue weighted by Crippen LogP contribution is 2.38. The Kier molecular flexibility index (Phi) is 3.03. The molecule has 0 radical (unpaired) electrons. The number of nitrogen functional groups attached to an aromatic ring is 1. The lowest BCUT2D eigenvalue weighted by molar-refractivity contribution is 0.627. The summed E-state index contributed by atoms with van der Waals surface area (Å²) in [6, 6.07) is 8.10. The molecule has 1 saturated carbocycles. The van der Waals surface area contributed by atoms with Crippen LogP contribution >= 0.6 is 0 Å². The van der Waals surface area contributed by atoms with Crippen molar-refractivity contribution in [3.8, 4) is 0 Å². The van der Waals surface area contributed by atoms with Gasteiger partial charge in [-0.3, -0.25) is 0 Å². The minimum atomic E-state index is -0.231. The number of nitrogens with zero attached hydrogens (tertiary/aromatic N) is 2. The second kappa shape index (κ2) is 4.84. The Hall–Kier alpha value is -2.17. The van der Waals surface area contributed by atoms with Crippen molar-refractivity contribution in [2.75, 3.05) is 11.1 Å². The van der Waals surface area contributed by atoms with E-state index in [1.807, 2.05) is 0 Å². The van der Waals surface area contributed by atoms with Crippen LogP contribution in [0, 0.1) is 5.82 Å².